The molecule has 0 unspecified atom stereocenters. The van der Waals surface area contributed by atoms with Crippen molar-refractivity contribution in [1.29, 1.82) is 0 Å². The number of rotatable bonds is 4. The van der Waals surface area contributed by atoms with Crippen LogP contribution in [0.4, 0.5) is 0 Å². The summed E-state index contributed by atoms with van der Waals surface area (Å²) < 4.78 is 0. The first kappa shape index (κ1) is 17.7. The van der Waals surface area contributed by atoms with Gasteiger partial charge >= 0.3 is 35.5 Å². The summed E-state index contributed by atoms with van der Waals surface area (Å²) in [5.74, 6) is -0.955. The first-order valence-electron chi connectivity index (χ1n) is 2.87. The van der Waals surface area contributed by atoms with Gasteiger partial charge in [-0.1, -0.05) is 0 Å². The van der Waals surface area contributed by atoms with Crippen LogP contribution in [0.25, 0.3) is 0 Å². The van der Waals surface area contributed by atoms with Crippen molar-refractivity contribution in [3.63, 3.8) is 0 Å². The number of aliphatic carboxylic acids is 1. The molecule has 0 heterocycles. The van der Waals surface area contributed by atoms with E-state index >= 15 is 0 Å². The Hall–Kier alpha value is 0.680. The normalized spacial score (nSPS) is 10.7. The minimum atomic E-state index is -0.955. The number of halogens is 1. The summed E-state index contributed by atoms with van der Waals surface area (Å²) in [6, 6.07) is -0.742. The standard InChI is InChI=1S/C5H12N2O2.ClH.Na.H/c6-3-1-2-4(7)5(8)9;;;/h4H,1-3,6-7H2,(H,8,9);1H;;/t4-;;;/m0.../s1. The second-order valence-corrected chi connectivity index (χ2v) is 1.88. The van der Waals surface area contributed by atoms with E-state index in [0.717, 1.165) is 0 Å². The predicted molar refractivity (Wildman–Crippen MR) is 48.3 cm³/mol. The quantitative estimate of drug-likeness (QED) is 0.494. The average molecular weight is 193 g/mol. The first-order valence-corrected chi connectivity index (χ1v) is 2.87. The van der Waals surface area contributed by atoms with Crippen LogP contribution in [0.5, 0.6) is 0 Å². The Morgan fingerprint density at radius 2 is 2.00 bits per heavy atom. The Balaban J connectivity index is -0.000000320. The van der Waals surface area contributed by atoms with Gasteiger partial charge in [0.25, 0.3) is 0 Å². The molecule has 0 aliphatic rings. The van der Waals surface area contributed by atoms with Gasteiger partial charge in [-0.05, 0) is 19.4 Å². The van der Waals surface area contributed by atoms with Crippen LogP contribution in [0.1, 0.15) is 12.8 Å². The Labute approximate surface area is 94.4 Å². The molecule has 0 fully saturated rings. The zero-order chi connectivity index (χ0) is 7.28. The molecular weight excluding hydrogens is 179 g/mol. The van der Waals surface area contributed by atoms with Crippen LogP contribution in [-0.2, 0) is 4.79 Å². The number of nitrogens with two attached hydrogens (primary N) is 2. The zero-order valence-electron chi connectivity index (χ0n) is 5.62. The SMILES string of the molecule is Cl.NCCC[C@H](N)C(=O)O.[NaH]. The topological polar surface area (TPSA) is 89.3 Å². The third kappa shape index (κ3) is 10.7. The summed E-state index contributed by atoms with van der Waals surface area (Å²) in [6.45, 7) is 0.501. The molecule has 6 heteroatoms. The van der Waals surface area contributed by atoms with Crippen molar-refractivity contribution in [2.75, 3.05) is 6.54 Å². The molecule has 4 nitrogen and oxygen atoms in total. The Kier molecular flexibility index (Phi) is 17.2. The number of carboxylic acids is 1. The molecule has 0 aromatic heterocycles. The summed E-state index contributed by atoms with van der Waals surface area (Å²) in [7, 11) is 0. The van der Waals surface area contributed by atoms with Gasteiger partial charge in [0.1, 0.15) is 6.04 Å². The zero-order valence-corrected chi connectivity index (χ0v) is 6.43. The predicted octanol–water partition coefficient (Wildman–Crippen LogP) is -1.09. The molecule has 0 aromatic carbocycles. The van der Waals surface area contributed by atoms with Crippen LogP contribution in [0, 0.1) is 0 Å². The summed E-state index contributed by atoms with van der Waals surface area (Å²) in [5.41, 5.74) is 10.3. The number of hydrogen-bond donors (Lipinski definition) is 3. The Morgan fingerprint density at radius 1 is 1.55 bits per heavy atom. The van der Waals surface area contributed by atoms with Crippen molar-refractivity contribution in [2.24, 2.45) is 11.5 Å². The van der Waals surface area contributed by atoms with E-state index in [1.54, 1.807) is 0 Å². The number of carboxylic acid groups (broad SMARTS) is 1. The third-order valence-electron chi connectivity index (χ3n) is 1.04. The van der Waals surface area contributed by atoms with E-state index in [-0.39, 0.29) is 42.0 Å². The molecule has 0 amide bonds. The molecule has 0 saturated heterocycles. The van der Waals surface area contributed by atoms with Crippen LogP contribution in [0.3, 0.4) is 0 Å². The molecule has 5 N–H and O–H groups in total. The molecule has 0 aromatic rings. The fourth-order valence-corrected chi connectivity index (χ4v) is 0.461. The van der Waals surface area contributed by atoms with Gasteiger partial charge in [-0.3, -0.25) is 4.79 Å². The van der Waals surface area contributed by atoms with E-state index in [4.69, 9.17) is 16.6 Å². The van der Waals surface area contributed by atoms with E-state index in [1.807, 2.05) is 0 Å². The molecular formula is C5H14ClN2NaO2. The van der Waals surface area contributed by atoms with Crippen LogP contribution in [-0.4, -0.2) is 53.2 Å². The van der Waals surface area contributed by atoms with E-state index < -0.39 is 12.0 Å². The molecule has 0 spiro atoms. The van der Waals surface area contributed by atoms with Gasteiger partial charge in [-0.15, -0.1) is 12.4 Å². The van der Waals surface area contributed by atoms with Gasteiger partial charge in [0.2, 0.25) is 0 Å². The maximum absolute atomic E-state index is 10.0. The molecule has 11 heavy (non-hydrogen) atoms. The van der Waals surface area contributed by atoms with Gasteiger partial charge in [0, 0.05) is 0 Å². The van der Waals surface area contributed by atoms with Crippen molar-refractivity contribution in [2.45, 2.75) is 18.9 Å². The van der Waals surface area contributed by atoms with Crippen molar-refractivity contribution in [1.82, 2.24) is 0 Å². The van der Waals surface area contributed by atoms with Crippen LogP contribution in [0.15, 0.2) is 0 Å². The molecule has 0 aliphatic heterocycles. The monoisotopic (exact) mass is 192 g/mol. The first-order chi connectivity index (χ1) is 4.18. The van der Waals surface area contributed by atoms with Crippen LogP contribution < -0.4 is 11.5 Å². The van der Waals surface area contributed by atoms with Gasteiger partial charge in [-0.2, -0.15) is 0 Å². The second kappa shape index (κ2) is 10.7. The van der Waals surface area contributed by atoms with Gasteiger partial charge in [0.05, 0.1) is 0 Å². The molecule has 0 rings (SSSR count). The number of carbonyl (C=O) groups is 1. The third-order valence-corrected chi connectivity index (χ3v) is 1.04. The summed E-state index contributed by atoms with van der Waals surface area (Å²) in [6.07, 6.45) is 1.14. The fraction of sp³-hybridized carbons (Fsp3) is 0.800. The summed E-state index contributed by atoms with van der Waals surface area (Å²) in [4.78, 5) is 10.0. The molecule has 0 aliphatic carbocycles. The van der Waals surface area contributed by atoms with E-state index in [2.05, 4.69) is 0 Å². The molecule has 1 atom stereocenters. The van der Waals surface area contributed by atoms with Crippen molar-refractivity contribution in [3.8, 4) is 0 Å². The summed E-state index contributed by atoms with van der Waals surface area (Å²) in [5, 5.41) is 8.24. The van der Waals surface area contributed by atoms with Crippen molar-refractivity contribution in [3.05, 3.63) is 0 Å². The maximum atomic E-state index is 10.0. The van der Waals surface area contributed by atoms with E-state index in [1.165, 1.54) is 0 Å². The van der Waals surface area contributed by atoms with E-state index in [9.17, 15) is 4.79 Å². The fourth-order valence-electron chi connectivity index (χ4n) is 0.461. The van der Waals surface area contributed by atoms with Gasteiger partial charge in [-0.25, -0.2) is 0 Å². The number of hydrogen-bond acceptors (Lipinski definition) is 3. The van der Waals surface area contributed by atoms with Crippen LogP contribution >= 0.6 is 12.4 Å². The van der Waals surface area contributed by atoms with Crippen LogP contribution in [0.2, 0.25) is 0 Å². The molecule has 64 valence electrons. The molecule has 0 bridgehead atoms. The summed E-state index contributed by atoms with van der Waals surface area (Å²) >= 11 is 0. The van der Waals surface area contributed by atoms with Gasteiger partial charge in [0.15, 0.2) is 0 Å². The Morgan fingerprint density at radius 3 is 2.27 bits per heavy atom. The van der Waals surface area contributed by atoms with Gasteiger partial charge < -0.3 is 16.6 Å². The molecule has 0 saturated carbocycles. The van der Waals surface area contributed by atoms with Crippen molar-refractivity contribution >= 4 is 47.9 Å². The minimum absolute atomic E-state index is 0. The average Bonchev–Trinajstić information content (AvgIpc) is 1.82. The van der Waals surface area contributed by atoms with E-state index in [0.29, 0.717) is 19.4 Å². The molecule has 0 radical (unpaired) electrons. The Bertz CT molecular complexity index is 104. The second-order valence-electron chi connectivity index (χ2n) is 1.88. The van der Waals surface area contributed by atoms with Crippen molar-refractivity contribution < 1.29 is 9.90 Å².